The van der Waals surface area contributed by atoms with E-state index in [2.05, 4.69) is 24.4 Å². The van der Waals surface area contributed by atoms with E-state index in [0.717, 1.165) is 18.5 Å². The van der Waals surface area contributed by atoms with Gasteiger partial charge in [0.05, 0.1) is 6.04 Å². The van der Waals surface area contributed by atoms with Crippen molar-refractivity contribution in [3.63, 3.8) is 0 Å². The van der Waals surface area contributed by atoms with E-state index in [4.69, 9.17) is 11.6 Å². The van der Waals surface area contributed by atoms with Gasteiger partial charge in [-0.05, 0) is 36.2 Å². The Morgan fingerprint density at radius 2 is 1.85 bits per heavy atom. The fourth-order valence-electron chi connectivity index (χ4n) is 2.46. The van der Waals surface area contributed by atoms with Gasteiger partial charge < -0.3 is 5.32 Å². The largest absolute Gasteiger partial charge is 0.306 e. The molecule has 2 rings (SSSR count). The number of hydrogen-bond acceptors (Lipinski definition) is 1. The van der Waals surface area contributed by atoms with Gasteiger partial charge in [0, 0.05) is 10.6 Å². The van der Waals surface area contributed by atoms with Crippen LogP contribution < -0.4 is 5.32 Å². The monoisotopic (exact) mass is 291 g/mol. The van der Waals surface area contributed by atoms with Gasteiger partial charge in [0.1, 0.15) is 5.82 Å². The molecule has 0 spiro atoms. The van der Waals surface area contributed by atoms with E-state index >= 15 is 0 Å². The lowest BCUT2D eigenvalue weighted by atomic mass is 9.93. The summed E-state index contributed by atoms with van der Waals surface area (Å²) in [5.74, 6) is -0.269. The zero-order chi connectivity index (χ0) is 14.5. The van der Waals surface area contributed by atoms with Gasteiger partial charge in [0.2, 0.25) is 0 Å². The van der Waals surface area contributed by atoms with E-state index < -0.39 is 0 Å². The molecule has 1 unspecified atom stereocenters. The Labute approximate surface area is 124 Å². The first-order valence-corrected chi connectivity index (χ1v) is 7.31. The van der Waals surface area contributed by atoms with Gasteiger partial charge in [0.15, 0.2) is 0 Å². The van der Waals surface area contributed by atoms with Gasteiger partial charge in [-0.25, -0.2) is 4.39 Å². The minimum Gasteiger partial charge on any atom is -0.306 e. The molecule has 0 aromatic heterocycles. The van der Waals surface area contributed by atoms with Gasteiger partial charge in [-0.3, -0.25) is 0 Å². The van der Waals surface area contributed by atoms with Gasteiger partial charge >= 0.3 is 0 Å². The molecule has 0 fully saturated rings. The highest BCUT2D eigenvalue weighted by molar-refractivity contribution is 6.30. The second kappa shape index (κ2) is 6.87. The van der Waals surface area contributed by atoms with Gasteiger partial charge in [-0.2, -0.15) is 0 Å². The molecule has 0 amide bonds. The Morgan fingerprint density at radius 1 is 1.10 bits per heavy atom. The fourth-order valence-corrected chi connectivity index (χ4v) is 2.62. The predicted molar refractivity (Wildman–Crippen MR) is 82.7 cm³/mol. The number of hydrogen-bond donors (Lipinski definition) is 1. The molecule has 2 aromatic rings. The van der Waals surface area contributed by atoms with Crippen molar-refractivity contribution in [3.8, 4) is 0 Å². The lowest BCUT2D eigenvalue weighted by Crippen LogP contribution is -2.24. The zero-order valence-electron chi connectivity index (χ0n) is 11.8. The highest BCUT2D eigenvalue weighted by atomic mass is 35.5. The molecule has 0 saturated heterocycles. The Balaban J connectivity index is 2.50. The van der Waals surface area contributed by atoms with E-state index in [9.17, 15) is 4.39 Å². The summed E-state index contributed by atoms with van der Waals surface area (Å²) in [6, 6.07) is 12.9. The maximum Gasteiger partial charge on any atom is 0.129 e. The molecule has 0 heterocycles. The summed E-state index contributed by atoms with van der Waals surface area (Å²) in [5.41, 5.74) is 2.99. The third kappa shape index (κ3) is 3.20. The summed E-state index contributed by atoms with van der Waals surface area (Å²) < 4.78 is 14.2. The molecule has 1 nitrogen and oxygen atoms in total. The quantitative estimate of drug-likeness (QED) is 0.839. The summed E-state index contributed by atoms with van der Waals surface area (Å²) in [6.07, 6.45) is 0.924. The molecule has 0 aliphatic rings. The van der Waals surface area contributed by atoms with Crippen molar-refractivity contribution in [3.05, 3.63) is 70.0 Å². The van der Waals surface area contributed by atoms with Crippen molar-refractivity contribution in [2.24, 2.45) is 0 Å². The summed E-state index contributed by atoms with van der Waals surface area (Å²) in [5, 5.41) is 3.79. The molecular weight excluding hydrogens is 273 g/mol. The van der Waals surface area contributed by atoms with E-state index in [0.29, 0.717) is 10.6 Å². The standard InChI is InChI=1S/C17H19ClFN/c1-3-12-7-5-6-8-14(12)17(20-4-2)15-10-9-13(18)11-16(15)19/h5-11,17,20H,3-4H2,1-2H3. The predicted octanol–water partition coefficient (Wildman–Crippen LogP) is 4.74. The molecule has 0 aliphatic heterocycles. The van der Waals surface area contributed by atoms with Crippen LogP contribution in [0.15, 0.2) is 42.5 Å². The van der Waals surface area contributed by atoms with Crippen LogP contribution in [0.1, 0.15) is 36.6 Å². The first-order valence-electron chi connectivity index (χ1n) is 6.93. The van der Waals surface area contributed by atoms with E-state index in [-0.39, 0.29) is 11.9 Å². The van der Waals surface area contributed by atoms with E-state index in [1.807, 2.05) is 19.1 Å². The molecule has 106 valence electrons. The van der Waals surface area contributed by atoms with Crippen LogP contribution in [0.3, 0.4) is 0 Å². The summed E-state index contributed by atoms with van der Waals surface area (Å²) >= 11 is 5.84. The molecule has 0 saturated carbocycles. The SMILES string of the molecule is CCNC(c1ccc(Cl)cc1F)c1ccccc1CC. The van der Waals surface area contributed by atoms with E-state index in [1.54, 1.807) is 12.1 Å². The molecule has 0 aliphatic carbocycles. The van der Waals surface area contributed by atoms with Crippen LogP contribution in [0.5, 0.6) is 0 Å². The van der Waals surface area contributed by atoms with Crippen LogP contribution in [-0.4, -0.2) is 6.54 Å². The zero-order valence-corrected chi connectivity index (χ0v) is 12.5. The van der Waals surface area contributed by atoms with Gasteiger partial charge in [-0.1, -0.05) is 55.8 Å². The number of rotatable bonds is 5. The van der Waals surface area contributed by atoms with Crippen LogP contribution in [-0.2, 0) is 6.42 Å². The van der Waals surface area contributed by atoms with Crippen LogP contribution in [0, 0.1) is 5.82 Å². The van der Waals surface area contributed by atoms with Crippen LogP contribution in [0.25, 0.3) is 0 Å². The number of halogens is 2. The van der Waals surface area contributed by atoms with Crippen LogP contribution >= 0.6 is 11.6 Å². The normalized spacial score (nSPS) is 12.4. The first-order chi connectivity index (χ1) is 9.67. The smallest absolute Gasteiger partial charge is 0.129 e. The average Bonchev–Trinajstić information content (AvgIpc) is 2.45. The number of benzene rings is 2. The summed E-state index contributed by atoms with van der Waals surface area (Å²) in [7, 11) is 0. The van der Waals surface area contributed by atoms with Crippen molar-refractivity contribution in [1.82, 2.24) is 5.32 Å². The first kappa shape index (κ1) is 15.0. The summed E-state index contributed by atoms with van der Waals surface area (Å²) in [6.45, 7) is 4.90. The Bertz CT molecular complexity index is 583. The molecular formula is C17H19ClFN. The molecule has 0 bridgehead atoms. The van der Waals surface area contributed by atoms with Crippen LogP contribution in [0.4, 0.5) is 4.39 Å². The maximum atomic E-state index is 14.2. The Hall–Kier alpha value is -1.38. The molecule has 20 heavy (non-hydrogen) atoms. The van der Waals surface area contributed by atoms with Gasteiger partial charge in [0.25, 0.3) is 0 Å². The van der Waals surface area contributed by atoms with Crippen molar-refractivity contribution >= 4 is 11.6 Å². The Kier molecular flexibility index (Phi) is 5.16. The van der Waals surface area contributed by atoms with Crippen molar-refractivity contribution in [2.75, 3.05) is 6.54 Å². The molecule has 0 radical (unpaired) electrons. The molecule has 1 N–H and O–H groups in total. The maximum absolute atomic E-state index is 14.2. The van der Waals surface area contributed by atoms with Gasteiger partial charge in [-0.15, -0.1) is 0 Å². The molecule has 1 atom stereocenters. The number of aryl methyl sites for hydroxylation is 1. The third-order valence-corrected chi connectivity index (χ3v) is 3.66. The fraction of sp³-hybridized carbons (Fsp3) is 0.294. The lowest BCUT2D eigenvalue weighted by molar-refractivity contribution is 0.557. The average molecular weight is 292 g/mol. The van der Waals surface area contributed by atoms with Crippen LogP contribution in [0.2, 0.25) is 5.02 Å². The van der Waals surface area contributed by atoms with E-state index in [1.165, 1.54) is 11.6 Å². The third-order valence-electron chi connectivity index (χ3n) is 3.43. The lowest BCUT2D eigenvalue weighted by Gasteiger charge is -2.22. The highest BCUT2D eigenvalue weighted by Crippen LogP contribution is 2.28. The second-order valence-corrected chi connectivity index (χ2v) is 5.15. The minimum absolute atomic E-state index is 0.145. The summed E-state index contributed by atoms with van der Waals surface area (Å²) in [4.78, 5) is 0. The minimum atomic E-state index is -0.269. The topological polar surface area (TPSA) is 12.0 Å². The van der Waals surface area contributed by atoms with Crippen molar-refractivity contribution in [1.29, 1.82) is 0 Å². The highest BCUT2D eigenvalue weighted by Gasteiger charge is 2.19. The molecule has 3 heteroatoms. The molecule has 2 aromatic carbocycles. The second-order valence-electron chi connectivity index (χ2n) is 4.71. The Morgan fingerprint density at radius 3 is 2.50 bits per heavy atom. The van der Waals surface area contributed by atoms with Crippen molar-refractivity contribution in [2.45, 2.75) is 26.3 Å². The van der Waals surface area contributed by atoms with Crippen molar-refractivity contribution < 1.29 is 4.39 Å². The number of nitrogens with one attached hydrogen (secondary N) is 1.